The number of piperidine rings is 1. The van der Waals surface area contributed by atoms with Crippen LogP contribution in [0.4, 0.5) is 8.78 Å². The average molecular weight is 478 g/mol. The van der Waals surface area contributed by atoms with Gasteiger partial charge in [0.15, 0.2) is 5.78 Å². The largest absolute Gasteiger partial charge is 0.360 e. The standard InChI is InChI=1S/C21H18BrF2N3O3/c1-12-17(18(26-30-12)13-2-4-15(22)5-3-13)19(28)14-10-16(25-11-14)20(29)27-8-6-21(23,24)7-9-27/h2-5,10-11,25H,6-9H2,1H3. The lowest BCUT2D eigenvalue weighted by Crippen LogP contribution is -2.42. The Hall–Kier alpha value is -2.81. The SMILES string of the molecule is Cc1onc(-c2ccc(Br)cc2)c1C(=O)c1c[nH]c(C(=O)N2CCC(F)(F)CC2)c1. The lowest BCUT2D eigenvalue weighted by Gasteiger charge is -2.31. The maximum absolute atomic E-state index is 13.3. The molecule has 2 aromatic heterocycles. The molecule has 1 amide bonds. The molecule has 4 rings (SSSR count). The van der Waals surface area contributed by atoms with E-state index in [1.807, 2.05) is 24.3 Å². The number of carbonyl (C=O) groups is 2. The second-order valence-electron chi connectivity index (χ2n) is 7.25. The Morgan fingerprint density at radius 3 is 2.53 bits per heavy atom. The summed E-state index contributed by atoms with van der Waals surface area (Å²) in [4.78, 5) is 29.9. The molecule has 0 unspecified atom stereocenters. The van der Waals surface area contributed by atoms with Crippen LogP contribution in [-0.2, 0) is 0 Å². The summed E-state index contributed by atoms with van der Waals surface area (Å²) in [6.07, 6.45) is 0.718. The van der Waals surface area contributed by atoms with Gasteiger partial charge in [0.05, 0.1) is 5.56 Å². The first-order chi connectivity index (χ1) is 14.2. The van der Waals surface area contributed by atoms with Crippen molar-refractivity contribution in [3.8, 4) is 11.3 Å². The van der Waals surface area contributed by atoms with Crippen LogP contribution in [0.3, 0.4) is 0 Å². The van der Waals surface area contributed by atoms with Gasteiger partial charge in [-0.3, -0.25) is 9.59 Å². The van der Waals surface area contributed by atoms with Gasteiger partial charge in [0.2, 0.25) is 0 Å². The highest BCUT2D eigenvalue weighted by atomic mass is 79.9. The van der Waals surface area contributed by atoms with E-state index < -0.39 is 11.8 Å². The number of amides is 1. The van der Waals surface area contributed by atoms with Crippen molar-refractivity contribution >= 4 is 27.6 Å². The Bertz CT molecular complexity index is 1100. The van der Waals surface area contributed by atoms with Crippen LogP contribution >= 0.6 is 15.9 Å². The molecule has 0 bridgehead atoms. The number of ketones is 1. The van der Waals surface area contributed by atoms with Gasteiger partial charge in [-0.2, -0.15) is 0 Å². The van der Waals surface area contributed by atoms with Crippen LogP contribution in [0.2, 0.25) is 0 Å². The number of benzene rings is 1. The summed E-state index contributed by atoms with van der Waals surface area (Å²) < 4.78 is 32.8. The van der Waals surface area contributed by atoms with E-state index in [4.69, 9.17) is 4.52 Å². The van der Waals surface area contributed by atoms with Crippen molar-refractivity contribution in [3.05, 3.63) is 63.6 Å². The third-order valence-electron chi connectivity index (χ3n) is 5.17. The number of aromatic amines is 1. The highest BCUT2D eigenvalue weighted by Gasteiger charge is 2.36. The summed E-state index contributed by atoms with van der Waals surface area (Å²) in [5.41, 5.74) is 1.90. The molecule has 156 valence electrons. The second kappa shape index (κ2) is 7.79. The predicted molar refractivity (Wildman–Crippen MR) is 109 cm³/mol. The molecular weight excluding hydrogens is 460 g/mol. The summed E-state index contributed by atoms with van der Waals surface area (Å²) in [6.45, 7) is 1.61. The van der Waals surface area contributed by atoms with Crippen molar-refractivity contribution in [3.63, 3.8) is 0 Å². The zero-order valence-corrected chi connectivity index (χ0v) is 17.6. The molecule has 9 heteroatoms. The maximum Gasteiger partial charge on any atom is 0.270 e. The molecule has 0 spiro atoms. The third-order valence-corrected chi connectivity index (χ3v) is 5.69. The minimum Gasteiger partial charge on any atom is -0.360 e. The first-order valence-electron chi connectivity index (χ1n) is 9.37. The van der Waals surface area contributed by atoms with Crippen molar-refractivity contribution in [2.45, 2.75) is 25.7 Å². The molecule has 3 heterocycles. The molecule has 0 saturated carbocycles. The van der Waals surface area contributed by atoms with Gasteiger partial charge in [0.1, 0.15) is 17.1 Å². The number of halogens is 3. The first kappa shape index (κ1) is 20.5. The van der Waals surface area contributed by atoms with Crippen LogP contribution in [0.5, 0.6) is 0 Å². The van der Waals surface area contributed by atoms with Crippen LogP contribution in [0.1, 0.15) is 45.0 Å². The number of carbonyl (C=O) groups excluding carboxylic acids is 2. The number of likely N-dealkylation sites (tertiary alicyclic amines) is 1. The van der Waals surface area contributed by atoms with Crippen molar-refractivity contribution < 1.29 is 22.9 Å². The van der Waals surface area contributed by atoms with E-state index >= 15 is 0 Å². The van der Waals surface area contributed by atoms with Crippen LogP contribution < -0.4 is 0 Å². The molecule has 0 atom stereocenters. The Balaban J connectivity index is 1.57. The fourth-order valence-corrected chi connectivity index (χ4v) is 3.71. The number of hydrogen-bond donors (Lipinski definition) is 1. The quantitative estimate of drug-likeness (QED) is 0.545. The lowest BCUT2D eigenvalue weighted by molar-refractivity contribution is -0.0495. The molecule has 1 N–H and O–H groups in total. The molecule has 1 aromatic carbocycles. The van der Waals surface area contributed by atoms with Crippen molar-refractivity contribution in [1.82, 2.24) is 15.0 Å². The molecule has 0 aliphatic carbocycles. The monoisotopic (exact) mass is 477 g/mol. The van der Waals surface area contributed by atoms with Gasteiger partial charge in [0, 0.05) is 47.7 Å². The summed E-state index contributed by atoms with van der Waals surface area (Å²) in [7, 11) is 0. The van der Waals surface area contributed by atoms with Gasteiger partial charge in [-0.25, -0.2) is 8.78 Å². The Morgan fingerprint density at radius 2 is 1.87 bits per heavy atom. The molecule has 6 nitrogen and oxygen atoms in total. The summed E-state index contributed by atoms with van der Waals surface area (Å²) in [5.74, 6) is -3.11. The van der Waals surface area contributed by atoms with E-state index in [0.29, 0.717) is 17.0 Å². The number of rotatable bonds is 4. The number of H-pyrrole nitrogens is 1. The minimum absolute atomic E-state index is 0.0212. The summed E-state index contributed by atoms with van der Waals surface area (Å²) in [6, 6.07) is 8.74. The van der Waals surface area contributed by atoms with Crippen molar-refractivity contribution in [1.29, 1.82) is 0 Å². The molecular formula is C21H18BrF2N3O3. The Morgan fingerprint density at radius 1 is 1.20 bits per heavy atom. The van der Waals surface area contributed by atoms with Gasteiger partial charge in [0.25, 0.3) is 11.8 Å². The zero-order chi connectivity index (χ0) is 21.5. The zero-order valence-electron chi connectivity index (χ0n) is 16.0. The van der Waals surface area contributed by atoms with Crippen molar-refractivity contribution in [2.75, 3.05) is 13.1 Å². The van der Waals surface area contributed by atoms with Crippen LogP contribution in [-0.4, -0.2) is 45.7 Å². The van der Waals surface area contributed by atoms with Crippen LogP contribution in [0, 0.1) is 6.92 Å². The highest BCUT2D eigenvalue weighted by molar-refractivity contribution is 9.10. The van der Waals surface area contributed by atoms with E-state index in [1.165, 1.54) is 17.2 Å². The Kier molecular flexibility index (Phi) is 5.31. The predicted octanol–water partition coefficient (Wildman–Crippen LogP) is 4.84. The topological polar surface area (TPSA) is 79.2 Å². The van der Waals surface area contributed by atoms with E-state index in [0.717, 1.165) is 10.0 Å². The van der Waals surface area contributed by atoms with E-state index in [-0.39, 0.29) is 43.0 Å². The van der Waals surface area contributed by atoms with Crippen LogP contribution in [0.25, 0.3) is 11.3 Å². The molecule has 1 aliphatic heterocycles. The van der Waals surface area contributed by atoms with Gasteiger partial charge < -0.3 is 14.4 Å². The molecule has 3 aromatic rings. The fraction of sp³-hybridized carbons (Fsp3) is 0.286. The van der Waals surface area contributed by atoms with Crippen LogP contribution in [0.15, 0.2) is 45.5 Å². The smallest absolute Gasteiger partial charge is 0.270 e. The van der Waals surface area contributed by atoms with E-state index in [2.05, 4.69) is 26.1 Å². The minimum atomic E-state index is -2.73. The van der Waals surface area contributed by atoms with E-state index in [1.54, 1.807) is 6.92 Å². The number of nitrogens with one attached hydrogen (secondary N) is 1. The second-order valence-corrected chi connectivity index (χ2v) is 8.16. The molecule has 1 saturated heterocycles. The van der Waals surface area contributed by atoms with Gasteiger partial charge in [-0.15, -0.1) is 0 Å². The molecule has 1 aliphatic rings. The fourth-order valence-electron chi connectivity index (χ4n) is 3.44. The van der Waals surface area contributed by atoms with Crippen molar-refractivity contribution in [2.24, 2.45) is 0 Å². The van der Waals surface area contributed by atoms with Gasteiger partial charge in [-0.1, -0.05) is 33.2 Å². The highest BCUT2D eigenvalue weighted by Crippen LogP contribution is 2.30. The Labute approximate surface area is 179 Å². The maximum atomic E-state index is 13.3. The van der Waals surface area contributed by atoms with Gasteiger partial charge >= 0.3 is 0 Å². The summed E-state index contributed by atoms with van der Waals surface area (Å²) >= 11 is 3.37. The lowest BCUT2D eigenvalue weighted by atomic mass is 9.99. The number of hydrogen-bond acceptors (Lipinski definition) is 4. The number of aryl methyl sites for hydroxylation is 1. The molecule has 30 heavy (non-hydrogen) atoms. The molecule has 1 fully saturated rings. The third kappa shape index (κ3) is 3.94. The number of alkyl halides is 2. The summed E-state index contributed by atoms with van der Waals surface area (Å²) in [5, 5.41) is 4.02. The van der Waals surface area contributed by atoms with Gasteiger partial charge in [-0.05, 0) is 25.1 Å². The number of aromatic nitrogens is 2. The van der Waals surface area contributed by atoms with E-state index in [9.17, 15) is 18.4 Å². The average Bonchev–Trinajstić information content (AvgIpc) is 3.35. The first-order valence-corrected chi connectivity index (χ1v) is 10.2. The normalized spacial score (nSPS) is 15.9. The molecule has 0 radical (unpaired) electrons. The number of nitrogens with zero attached hydrogens (tertiary/aromatic N) is 2.